The second-order valence-electron chi connectivity index (χ2n) is 6.99. The molecule has 25 heavy (non-hydrogen) atoms. The van der Waals surface area contributed by atoms with Crippen molar-refractivity contribution < 1.29 is 4.74 Å². The molecule has 0 bridgehead atoms. The maximum atomic E-state index is 5.56. The van der Waals surface area contributed by atoms with Crippen LogP contribution in [-0.4, -0.2) is 37.6 Å². The molecule has 0 aromatic heterocycles. The number of fused-ring (bicyclic) bond motifs is 1. The summed E-state index contributed by atoms with van der Waals surface area (Å²) in [6.45, 7) is 6.05. The third kappa shape index (κ3) is 3.85. The fourth-order valence-electron chi connectivity index (χ4n) is 3.56. The molecular formula is C19H26N4OS. The summed E-state index contributed by atoms with van der Waals surface area (Å²) in [6.07, 6.45) is 6.28. The van der Waals surface area contributed by atoms with E-state index in [0.29, 0.717) is 5.11 Å². The Morgan fingerprint density at radius 2 is 2.24 bits per heavy atom. The Kier molecular flexibility index (Phi) is 5.39. The van der Waals surface area contributed by atoms with Crippen LogP contribution in [0.25, 0.3) is 0 Å². The Morgan fingerprint density at radius 1 is 1.44 bits per heavy atom. The number of hydrazone groups is 1. The van der Waals surface area contributed by atoms with Gasteiger partial charge in [-0.25, -0.2) is 0 Å². The van der Waals surface area contributed by atoms with Gasteiger partial charge in [0.05, 0.1) is 6.10 Å². The van der Waals surface area contributed by atoms with Crippen molar-refractivity contribution in [3.05, 3.63) is 41.6 Å². The maximum Gasteiger partial charge on any atom is 0.187 e. The number of thiocarbonyl (C=S) groups is 1. The third-order valence-electron chi connectivity index (χ3n) is 4.93. The van der Waals surface area contributed by atoms with E-state index < -0.39 is 0 Å². The number of rotatable bonds is 4. The molecule has 0 spiro atoms. The molecule has 5 nitrogen and oxygen atoms in total. The SMILES string of the molecule is CN1/C(=C\C=N/NC(=S)NC[C@@H]2CCCO2)C(C)(C)c2ccccc21. The number of ether oxygens (including phenoxy) is 1. The average Bonchev–Trinajstić information content (AvgIpc) is 3.18. The van der Waals surface area contributed by atoms with Crippen molar-refractivity contribution in [1.82, 2.24) is 10.7 Å². The van der Waals surface area contributed by atoms with Crippen LogP contribution in [-0.2, 0) is 10.2 Å². The highest BCUT2D eigenvalue weighted by atomic mass is 32.1. The Bertz CT molecular complexity index is 692. The van der Waals surface area contributed by atoms with E-state index in [-0.39, 0.29) is 11.5 Å². The van der Waals surface area contributed by atoms with Crippen molar-refractivity contribution in [3.8, 4) is 0 Å². The van der Waals surface area contributed by atoms with E-state index in [1.807, 2.05) is 6.08 Å². The lowest BCUT2D eigenvalue weighted by Gasteiger charge is -2.23. The normalized spacial score (nSPS) is 23.2. The third-order valence-corrected chi connectivity index (χ3v) is 5.16. The molecule has 1 fully saturated rings. The minimum Gasteiger partial charge on any atom is -0.376 e. The first kappa shape index (κ1) is 17.9. The Morgan fingerprint density at radius 3 is 2.96 bits per heavy atom. The van der Waals surface area contributed by atoms with Crippen molar-refractivity contribution in [2.24, 2.45) is 5.10 Å². The van der Waals surface area contributed by atoms with Crippen molar-refractivity contribution >= 4 is 29.2 Å². The van der Waals surface area contributed by atoms with E-state index in [0.717, 1.165) is 26.0 Å². The van der Waals surface area contributed by atoms with Gasteiger partial charge in [-0.1, -0.05) is 32.0 Å². The van der Waals surface area contributed by atoms with Gasteiger partial charge in [-0.2, -0.15) is 5.10 Å². The first-order valence-corrected chi connectivity index (χ1v) is 9.13. The molecule has 1 atom stereocenters. The molecule has 1 saturated heterocycles. The highest BCUT2D eigenvalue weighted by molar-refractivity contribution is 7.80. The second kappa shape index (κ2) is 7.54. The van der Waals surface area contributed by atoms with Crippen LogP contribution in [0.4, 0.5) is 5.69 Å². The Hall–Kier alpha value is -1.92. The molecule has 0 aliphatic carbocycles. The van der Waals surface area contributed by atoms with Crippen LogP contribution in [0.15, 0.2) is 41.1 Å². The summed E-state index contributed by atoms with van der Waals surface area (Å²) in [7, 11) is 2.09. The number of hydrogen-bond donors (Lipinski definition) is 2. The standard InChI is InChI=1S/C19H26N4OS/c1-19(2)15-8-4-5-9-16(15)23(3)17(19)10-11-21-22-18(25)20-13-14-7-6-12-24-14/h4-5,8-11,14H,6-7,12-13H2,1-3H3,(H2,20,22,25)/b17-10-,21-11-/t14-/m0/s1. The summed E-state index contributed by atoms with van der Waals surface area (Å²) in [4.78, 5) is 2.22. The molecule has 0 amide bonds. The van der Waals surface area contributed by atoms with Gasteiger partial charge < -0.3 is 15.0 Å². The second-order valence-corrected chi connectivity index (χ2v) is 7.40. The molecular weight excluding hydrogens is 332 g/mol. The largest absolute Gasteiger partial charge is 0.376 e. The topological polar surface area (TPSA) is 48.9 Å². The van der Waals surface area contributed by atoms with Gasteiger partial charge in [-0.05, 0) is 42.8 Å². The fraction of sp³-hybridized carbons (Fsp3) is 0.474. The van der Waals surface area contributed by atoms with Crippen LogP contribution in [0.5, 0.6) is 0 Å². The number of hydrogen-bond acceptors (Lipinski definition) is 4. The average molecular weight is 359 g/mol. The zero-order valence-corrected chi connectivity index (χ0v) is 15.9. The summed E-state index contributed by atoms with van der Waals surface area (Å²) in [5.41, 5.74) is 6.60. The lowest BCUT2D eigenvalue weighted by Crippen LogP contribution is -2.37. The number of para-hydroxylation sites is 1. The van der Waals surface area contributed by atoms with E-state index in [4.69, 9.17) is 17.0 Å². The van der Waals surface area contributed by atoms with Gasteiger partial charge in [0.15, 0.2) is 5.11 Å². The van der Waals surface area contributed by atoms with Gasteiger partial charge in [0, 0.05) is 43.2 Å². The molecule has 2 heterocycles. The Labute approximate surface area is 155 Å². The van der Waals surface area contributed by atoms with Crippen LogP contribution >= 0.6 is 12.2 Å². The molecule has 2 N–H and O–H groups in total. The van der Waals surface area contributed by atoms with Crippen molar-refractivity contribution in [2.75, 3.05) is 25.1 Å². The number of allylic oxidation sites excluding steroid dienone is 2. The predicted octanol–water partition coefficient (Wildman–Crippen LogP) is 2.93. The molecule has 3 rings (SSSR count). The van der Waals surface area contributed by atoms with Gasteiger partial charge in [-0.15, -0.1) is 0 Å². The number of likely N-dealkylation sites (N-methyl/N-ethyl adjacent to an activating group) is 1. The summed E-state index contributed by atoms with van der Waals surface area (Å²) < 4.78 is 5.56. The molecule has 6 heteroatoms. The number of nitrogens with zero attached hydrogens (tertiary/aromatic N) is 2. The molecule has 0 saturated carbocycles. The highest BCUT2D eigenvalue weighted by Crippen LogP contribution is 2.46. The van der Waals surface area contributed by atoms with E-state index in [9.17, 15) is 0 Å². The minimum atomic E-state index is -0.0457. The van der Waals surface area contributed by atoms with Crippen LogP contribution in [0.2, 0.25) is 0 Å². The quantitative estimate of drug-likeness (QED) is 0.492. The summed E-state index contributed by atoms with van der Waals surface area (Å²) in [5.74, 6) is 0. The number of benzene rings is 1. The molecule has 1 aromatic carbocycles. The lowest BCUT2D eigenvalue weighted by molar-refractivity contribution is 0.114. The van der Waals surface area contributed by atoms with E-state index in [1.54, 1.807) is 6.21 Å². The monoisotopic (exact) mass is 358 g/mol. The van der Waals surface area contributed by atoms with Gasteiger partial charge in [0.1, 0.15) is 0 Å². The molecule has 2 aliphatic rings. The highest BCUT2D eigenvalue weighted by Gasteiger charge is 2.37. The van der Waals surface area contributed by atoms with Crippen LogP contribution < -0.4 is 15.6 Å². The Balaban J connectivity index is 1.56. The summed E-state index contributed by atoms with van der Waals surface area (Å²) >= 11 is 5.24. The molecule has 0 unspecified atom stereocenters. The minimum absolute atomic E-state index is 0.0457. The first-order chi connectivity index (χ1) is 12.0. The first-order valence-electron chi connectivity index (χ1n) is 8.72. The molecule has 134 valence electrons. The zero-order valence-electron chi connectivity index (χ0n) is 15.1. The van der Waals surface area contributed by atoms with Crippen molar-refractivity contribution in [1.29, 1.82) is 0 Å². The van der Waals surface area contributed by atoms with Gasteiger partial charge in [0.25, 0.3) is 0 Å². The smallest absolute Gasteiger partial charge is 0.187 e. The zero-order chi connectivity index (χ0) is 17.9. The number of nitrogens with one attached hydrogen (secondary N) is 2. The molecule has 0 radical (unpaired) electrons. The lowest BCUT2D eigenvalue weighted by atomic mass is 9.84. The number of anilines is 1. The maximum absolute atomic E-state index is 5.56. The van der Waals surface area contributed by atoms with Crippen molar-refractivity contribution in [2.45, 2.75) is 38.2 Å². The van der Waals surface area contributed by atoms with E-state index in [2.05, 4.69) is 65.9 Å². The van der Waals surface area contributed by atoms with Gasteiger partial charge >= 0.3 is 0 Å². The van der Waals surface area contributed by atoms with E-state index >= 15 is 0 Å². The summed E-state index contributed by atoms with van der Waals surface area (Å²) in [5, 5.41) is 7.88. The molecule has 1 aromatic rings. The van der Waals surface area contributed by atoms with Crippen LogP contribution in [0.3, 0.4) is 0 Å². The summed E-state index contributed by atoms with van der Waals surface area (Å²) in [6, 6.07) is 8.50. The predicted molar refractivity (Wildman–Crippen MR) is 107 cm³/mol. The van der Waals surface area contributed by atoms with Crippen molar-refractivity contribution in [3.63, 3.8) is 0 Å². The molecule has 2 aliphatic heterocycles. The van der Waals surface area contributed by atoms with Gasteiger partial charge in [-0.3, -0.25) is 5.43 Å². The van der Waals surface area contributed by atoms with Crippen LogP contribution in [0.1, 0.15) is 32.3 Å². The van der Waals surface area contributed by atoms with E-state index in [1.165, 1.54) is 16.9 Å². The fourth-order valence-corrected chi connectivity index (χ4v) is 3.69. The van der Waals surface area contributed by atoms with Crippen LogP contribution in [0, 0.1) is 0 Å². The van der Waals surface area contributed by atoms with Gasteiger partial charge in [0.2, 0.25) is 0 Å².